The zero-order valence-corrected chi connectivity index (χ0v) is 6.68. The highest BCUT2D eigenvalue weighted by Gasteiger charge is 2.01. The average Bonchev–Trinajstić information content (AvgIpc) is 1.82. The second-order valence-corrected chi connectivity index (χ2v) is 2.39. The summed E-state index contributed by atoms with van der Waals surface area (Å²) in [4.78, 5) is 22.5. The number of hydrogen-bond donors (Lipinski definition) is 0. The topological polar surface area (TPSA) is 37.4 Å². The highest BCUT2D eigenvalue weighted by atomic mass is 16.2. The number of carbonyl (C=O) groups excluding carboxylic acids is 2. The van der Waals surface area contributed by atoms with Crippen molar-refractivity contribution in [2.45, 2.75) is 20.3 Å². The molecule has 3 heteroatoms. The van der Waals surface area contributed by atoms with E-state index in [4.69, 9.17) is 0 Å². The molecule has 0 N–H and O–H groups in total. The van der Waals surface area contributed by atoms with E-state index >= 15 is 0 Å². The van der Waals surface area contributed by atoms with Gasteiger partial charge in [0.2, 0.25) is 5.91 Å². The van der Waals surface area contributed by atoms with Gasteiger partial charge in [0.05, 0.1) is 0 Å². The minimum atomic E-state index is 0.00116. The van der Waals surface area contributed by atoms with Gasteiger partial charge >= 0.3 is 0 Å². The van der Waals surface area contributed by atoms with Crippen LogP contribution in [0.4, 0.5) is 0 Å². The van der Waals surface area contributed by atoms with Crippen molar-refractivity contribution < 1.29 is 9.59 Å². The SMILES string of the molecule is CC(=O)CCN(C)C(C)=O. The van der Waals surface area contributed by atoms with Crippen LogP contribution in [0.15, 0.2) is 0 Å². The fourth-order valence-corrected chi connectivity index (χ4v) is 0.483. The Labute approximate surface area is 61.0 Å². The van der Waals surface area contributed by atoms with Crippen LogP contribution in [0, 0.1) is 0 Å². The Hall–Kier alpha value is -0.860. The van der Waals surface area contributed by atoms with Crippen molar-refractivity contribution in [3.63, 3.8) is 0 Å². The molecule has 0 aromatic heterocycles. The van der Waals surface area contributed by atoms with Gasteiger partial charge < -0.3 is 4.90 Å². The molecule has 0 aliphatic carbocycles. The van der Waals surface area contributed by atoms with Gasteiger partial charge in [-0.25, -0.2) is 0 Å². The highest BCUT2D eigenvalue weighted by molar-refractivity contribution is 5.77. The van der Waals surface area contributed by atoms with E-state index in [1.807, 2.05) is 0 Å². The minimum absolute atomic E-state index is 0.00116. The third-order valence-corrected chi connectivity index (χ3v) is 1.34. The molecule has 0 radical (unpaired) electrons. The van der Waals surface area contributed by atoms with Crippen LogP contribution in [0.25, 0.3) is 0 Å². The molecular formula is C7H13NO2. The van der Waals surface area contributed by atoms with Gasteiger partial charge in [-0.1, -0.05) is 0 Å². The van der Waals surface area contributed by atoms with Gasteiger partial charge in [-0.15, -0.1) is 0 Å². The lowest BCUT2D eigenvalue weighted by Gasteiger charge is -2.12. The summed E-state index contributed by atoms with van der Waals surface area (Å²) in [5.41, 5.74) is 0. The van der Waals surface area contributed by atoms with Gasteiger partial charge in [-0.2, -0.15) is 0 Å². The van der Waals surface area contributed by atoms with E-state index in [1.165, 1.54) is 18.7 Å². The molecule has 0 aromatic carbocycles. The van der Waals surface area contributed by atoms with Crippen molar-refractivity contribution in [1.29, 1.82) is 0 Å². The maximum Gasteiger partial charge on any atom is 0.219 e. The molecule has 1 amide bonds. The van der Waals surface area contributed by atoms with Crippen molar-refractivity contribution >= 4 is 11.7 Å². The molecule has 0 atom stereocenters. The predicted octanol–water partition coefficient (Wildman–Crippen LogP) is 0.444. The van der Waals surface area contributed by atoms with Crippen molar-refractivity contribution in [1.82, 2.24) is 4.90 Å². The first-order chi connectivity index (χ1) is 4.54. The van der Waals surface area contributed by atoms with Crippen molar-refractivity contribution in [3.8, 4) is 0 Å². The Bertz CT molecular complexity index is 143. The summed E-state index contributed by atoms with van der Waals surface area (Å²) in [6.07, 6.45) is 0.454. The van der Waals surface area contributed by atoms with E-state index in [2.05, 4.69) is 0 Å². The van der Waals surface area contributed by atoms with Crippen LogP contribution in [-0.2, 0) is 9.59 Å². The summed E-state index contributed by atoms with van der Waals surface area (Å²) >= 11 is 0. The number of hydrogen-bond acceptors (Lipinski definition) is 2. The number of Topliss-reactive ketones (excluding diaryl/α,β-unsaturated/α-hetero) is 1. The van der Waals surface area contributed by atoms with E-state index in [1.54, 1.807) is 7.05 Å². The van der Waals surface area contributed by atoms with Crippen LogP contribution in [0.5, 0.6) is 0 Å². The molecule has 10 heavy (non-hydrogen) atoms. The molecule has 0 spiro atoms. The normalized spacial score (nSPS) is 9.10. The Balaban J connectivity index is 3.49. The largest absolute Gasteiger partial charge is 0.346 e. The molecule has 0 unspecified atom stereocenters. The molecule has 0 bridgehead atoms. The summed E-state index contributed by atoms with van der Waals surface area (Å²) < 4.78 is 0. The quantitative estimate of drug-likeness (QED) is 0.575. The lowest BCUT2D eigenvalue weighted by Crippen LogP contribution is -2.25. The standard InChI is InChI=1S/C7H13NO2/c1-6(9)4-5-8(3)7(2)10/h4-5H2,1-3H3. The smallest absolute Gasteiger partial charge is 0.219 e. The Morgan fingerprint density at radius 1 is 1.30 bits per heavy atom. The predicted molar refractivity (Wildman–Crippen MR) is 38.6 cm³/mol. The molecule has 0 heterocycles. The Morgan fingerprint density at radius 3 is 2.10 bits per heavy atom. The van der Waals surface area contributed by atoms with E-state index in [9.17, 15) is 9.59 Å². The lowest BCUT2D eigenvalue weighted by atomic mass is 10.3. The van der Waals surface area contributed by atoms with Crippen LogP contribution < -0.4 is 0 Å². The molecule has 0 aliphatic heterocycles. The minimum Gasteiger partial charge on any atom is -0.346 e. The highest BCUT2D eigenvalue weighted by Crippen LogP contribution is 1.88. The van der Waals surface area contributed by atoms with E-state index in [0.29, 0.717) is 13.0 Å². The number of carbonyl (C=O) groups is 2. The van der Waals surface area contributed by atoms with Gasteiger partial charge in [-0.05, 0) is 6.92 Å². The second kappa shape index (κ2) is 4.04. The van der Waals surface area contributed by atoms with Crippen LogP contribution in [0.3, 0.4) is 0 Å². The molecule has 3 nitrogen and oxygen atoms in total. The van der Waals surface area contributed by atoms with Crippen molar-refractivity contribution in [3.05, 3.63) is 0 Å². The molecule has 0 aliphatic rings. The van der Waals surface area contributed by atoms with Gasteiger partial charge in [0, 0.05) is 26.9 Å². The van der Waals surface area contributed by atoms with Gasteiger partial charge in [-0.3, -0.25) is 9.59 Å². The van der Waals surface area contributed by atoms with E-state index in [-0.39, 0.29) is 11.7 Å². The van der Waals surface area contributed by atoms with E-state index < -0.39 is 0 Å². The number of amides is 1. The molecular weight excluding hydrogens is 130 g/mol. The van der Waals surface area contributed by atoms with Crippen LogP contribution >= 0.6 is 0 Å². The fourth-order valence-electron chi connectivity index (χ4n) is 0.483. The first-order valence-corrected chi connectivity index (χ1v) is 3.25. The number of nitrogens with zero attached hydrogens (tertiary/aromatic N) is 1. The molecule has 0 saturated heterocycles. The first-order valence-electron chi connectivity index (χ1n) is 3.25. The van der Waals surface area contributed by atoms with Gasteiger partial charge in [0.1, 0.15) is 5.78 Å². The first kappa shape index (κ1) is 9.14. The molecule has 0 saturated carbocycles. The Morgan fingerprint density at radius 2 is 1.80 bits per heavy atom. The third kappa shape index (κ3) is 4.06. The second-order valence-electron chi connectivity index (χ2n) is 2.39. The summed E-state index contributed by atoms with van der Waals surface area (Å²) in [6, 6.07) is 0. The van der Waals surface area contributed by atoms with Gasteiger partial charge in [0.15, 0.2) is 0 Å². The van der Waals surface area contributed by atoms with Crippen LogP contribution in [-0.4, -0.2) is 30.2 Å². The van der Waals surface area contributed by atoms with Crippen LogP contribution in [0.2, 0.25) is 0 Å². The maximum absolute atomic E-state index is 10.6. The number of rotatable bonds is 3. The molecule has 0 rings (SSSR count). The molecule has 58 valence electrons. The zero-order valence-electron chi connectivity index (χ0n) is 6.68. The zero-order chi connectivity index (χ0) is 8.15. The van der Waals surface area contributed by atoms with Crippen LogP contribution in [0.1, 0.15) is 20.3 Å². The third-order valence-electron chi connectivity index (χ3n) is 1.34. The Kier molecular flexibility index (Phi) is 3.69. The summed E-state index contributed by atoms with van der Waals surface area (Å²) in [7, 11) is 1.69. The average molecular weight is 143 g/mol. The van der Waals surface area contributed by atoms with Crippen molar-refractivity contribution in [2.75, 3.05) is 13.6 Å². The maximum atomic E-state index is 10.6. The van der Waals surface area contributed by atoms with E-state index in [0.717, 1.165) is 0 Å². The summed E-state index contributed by atoms with van der Waals surface area (Å²) in [5, 5.41) is 0. The lowest BCUT2D eigenvalue weighted by molar-refractivity contribution is -0.128. The van der Waals surface area contributed by atoms with Gasteiger partial charge in [0.25, 0.3) is 0 Å². The monoisotopic (exact) mass is 143 g/mol. The summed E-state index contributed by atoms with van der Waals surface area (Å²) in [6.45, 7) is 3.54. The molecule has 0 fully saturated rings. The van der Waals surface area contributed by atoms with Crippen molar-refractivity contribution in [2.24, 2.45) is 0 Å². The molecule has 0 aromatic rings. The summed E-state index contributed by atoms with van der Waals surface area (Å²) in [5.74, 6) is 0.120. The number of ketones is 1. The fraction of sp³-hybridized carbons (Fsp3) is 0.714.